The number of H-pyrrole nitrogens is 1. The minimum Gasteiger partial charge on any atom is -0.344 e. The van der Waals surface area contributed by atoms with Gasteiger partial charge in [-0.3, -0.25) is 24.8 Å². The van der Waals surface area contributed by atoms with Crippen molar-refractivity contribution >= 4 is 17.7 Å². The number of carbonyl (C=O) groups excluding carboxylic acids is 3. The number of nitrogens with one attached hydrogen (secondary N) is 3. The predicted octanol–water partition coefficient (Wildman–Crippen LogP) is -0.510. The lowest BCUT2D eigenvalue weighted by Crippen LogP contribution is -2.52. The Morgan fingerprint density at radius 3 is 2.74 bits per heavy atom. The maximum absolute atomic E-state index is 11.9. The van der Waals surface area contributed by atoms with Crippen LogP contribution in [-0.2, 0) is 20.8 Å². The molecule has 1 aromatic rings. The molecule has 0 saturated carbocycles. The van der Waals surface area contributed by atoms with E-state index in [1.165, 1.54) is 0 Å². The van der Waals surface area contributed by atoms with Gasteiger partial charge in [0.25, 0.3) is 0 Å². The van der Waals surface area contributed by atoms with Crippen LogP contribution in [0.15, 0.2) is 0 Å². The highest BCUT2D eigenvalue weighted by Gasteiger charge is 2.28. The number of aryl methyl sites for hydroxylation is 2. The van der Waals surface area contributed by atoms with Crippen molar-refractivity contribution in [3.8, 4) is 0 Å². The van der Waals surface area contributed by atoms with Crippen LogP contribution in [0.2, 0.25) is 0 Å². The molecule has 19 heavy (non-hydrogen) atoms. The van der Waals surface area contributed by atoms with Gasteiger partial charge in [0.1, 0.15) is 6.04 Å². The number of aromatic amines is 1. The minimum absolute atomic E-state index is 0.173. The predicted molar refractivity (Wildman–Crippen MR) is 66.1 cm³/mol. The Balaban J connectivity index is 1.95. The average molecular weight is 264 g/mol. The summed E-state index contributed by atoms with van der Waals surface area (Å²) in [6.07, 6.45) is 0.770. The average Bonchev–Trinajstić information content (AvgIpc) is 2.65. The molecule has 0 bridgehead atoms. The van der Waals surface area contributed by atoms with Gasteiger partial charge in [-0.1, -0.05) is 0 Å². The fourth-order valence-corrected chi connectivity index (χ4v) is 2.07. The van der Waals surface area contributed by atoms with E-state index in [0.29, 0.717) is 6.42 Å². The SMILES string of the molecule is Cc1n[nH]c(C)c1CC(=O)NC1CCC(=O)NC1=O. The molecule has 0 spiro atoms. The van der Waals surface area contributed by atoms with Crippen LogP contribution in [0.4, 0.5) is 0 Å². The van der Waals surface area contributed by atoms with Crippen LogP contribution < -0.4 is 10.6 Å². The van der Waals surface area contributed by atoms with E-state index < -0.39 is 11.9 Å². The number of piperidine rings is 1. The number of carbonyl (C=O) groups is 3. The van der Waals surface area contributed by atoms with Gasteiger partial charge in [-0.05, 0) is 20.3 Å². The number of nitrogens with zero attached hydrogens (tertiary/aromatic N) is 1. The molecule has 2 heterocycles. The van der Waals surface area contributed by atoms with Crippen LogP contribution in [0.3, 0.4) is 0 Å². The van der Waals surface area contributed by atoms with Crippen molar-refractivity contribution in [2.24, 2.45) is 0 Å². The number of rotatable bonds is 3. The first kappa shape index (κ1) is 13.3. The second kappa shape index (κ2) is 5.21. The van der Waals surface area contributed by atoms with E-state index in [-0.39, 0.29) is 24.7 Å². The zero-order chi connectivity index (χ0) is 14.0. The molecule has 7 nitrogen and oxygen atoms in total. The van der Waals surface area contributed by atoms with Gasteiger partial charge < -0.3 is 5.32 Å². The third-order valence-corrected chi connectivity index (χ3v) is 3.19. The summed E-state index contributed by atoms with van der Waals surface area (Å²) in [5.74, 6) is -0.982. The minimum atomic E-state index is -0.627. The summed E-state index contributed by atoms with van der Waals surface area (Å²) in [6, 6.07) is -0.627. The van der Waals surface area contributed by atoms with E-state index in [0.717, 1.165) is 17.0 Å². The molecule has 7 heteroatoms. The second-order valence-corrected chi connectivity index (χ2v) is 4.66. The lowest BCUT2D eigenvalue weighted by atomic mass is 10.0. The van der Waals surface area contributed by atoms with Crippen molar-refractivity contribution in [1.29, 1.82) is 0 Å². The van der Waals surface area contributed by atoms with Gasteiger partial charge in [0, 0.05) is 17.7 Å². The molecule has 1 fully saturated rings. The smallest absolute Gasteiger partial charge is 0.249 e. The van der Waals surface area contributed by atoms with Gasteiger partial charge >= 0.3 is 0 Å². The number of aromatic nitrogens is 2. The van der Waals surface area contributed by atoms with Gasteiger partial charge in [-0.2, -0.15) is 5.10 Å². The van der Waals surface area contributed by atoms with E-state index in [1.807, 2.05) is 13.8 Å². The summed E-state index contributed by atoms with van der Waals surface area (Å²) in [5, 5.41) is 11.7. The molecule has 0 aliphatic carbocycles. The summed E-state index contributed by atoms with van der Waals surface area (Å²) in [5.41, 5.74) is 2.46. The van der Waals surface area contributed by atoms with Crippen LogP contribution in [0.25, 0.3) is 0 Å². The molecule has 0 radical (unpaired) electrons. The highest BCUT2D eigenvalue weighted by atomic mass is 16.2. The molecule has 102 valence electrons. The van der Waals surface area contributed by atoms with Crippen molar-refractivity contribution in [2.45, 2.75) is 39.2 Å². The number of imide groups is 1. The molecule has 3 amide bonds. The largest absolute Gasteiger partial charge is 0.344 e. The van der Waals surface area contributed by atoms with Gasteiger partial charge in [-0.25, -0.2) is 0 Å². The van der Waals surface area contributed by atoms with Crippen molar-refractivity contribution in [3.63, 3.8) is 0 Å². The second-order valence-electron chi connectivity index (χ2n) is 4.66. The quantitative estimate of drug-likeness (QED) is 0.639. The molecule has 2 rings (SSSR count). The normalized spacial score (nSPS) is 19.2. The third kappa shape index (κ3) is 2.98. The van der Waals surface area contributed by atoms with Gasteiger partial charge in [-0.15, -0.1) is 0 Å². The highest BCUT2D eigenvalue weighted by molar-refractivity contribution is 6.01. The van der Waals surface area contributed by atoms with Crippen molar-refractivity contribution < 1.29 is 14.4 Å². The standard InChI is InChI=1S/C12H16N4O3/c1-6-8(7(2)16-15-6)5-11(18)13-9-3-4-10(17)14-12(9)19/h9H,3-5H2,1-2H3,(H,13,18)(H,15,16)(H,14,17,19). The Hall–Kier alpha value is -2.18. The summed E-state index contributed by atoms with van der Waals surface area (Å²) < 4.78 is 0. The molecule has 1 unspecified atom stereocenters. The monoisotopic (exact) mass is 264 g/mol. The summed E-state index contributed by atoms with van der Waals surface area (Å²) >= 11 is 0. The third-order valence-electron chi connectivity index (χ3n) is 3.19. The Labute approximate surface area is 110 Å². The molecule has 1 aliphatic heterocycles. The van der Waals surface area contributed by atoms with E-state index >= 15 is 0 Å². The van der Waals surface area contributed by atoms with Gasteiger partial charge in [0.05, 0.1) is 12.1 Å². The number of hydrogen-bond acceptors (Lipinski definition) is 4. The highest BCUT2D eigenvalue weighted by Crippen LogP contribution is 2.11. The molecule has 1 saturated heterocycles. The Morgan fingerprint density at radius 2 is 2.16 bits per heavy atom. The maximum atomic E-state index is 11.9. The molecular weight excluding hydrogens is 248 g/mol. The van der Waals surface area contributed by atoms with Gasteiger partial charge in [0.2, 0.25) is 17.7 Å². The van der Waals surface area contributed by atoms with Crippen molar-refractivity contribution in [3.05, 3.63) is 17.0 Å². The van der Waals surface area contributed by atoms with Crippen molar-refractivity contribution in [1.82, 2.24) is 20.8 Å². The fraction of sp³-hybridized carbons (Fsp3) is 0.500. The fourth-order valence-electron chi connectivity index (χ4n) is 2.07. The first-order chi connectivity index (χ1) is 8.97. The van der Waals surface area contributed by atoms with E-state index in [4.69, 9.17) is 0 Å². The molecule has 1 aliphatic rings. The van der Waals surface area contributed by atoms with Crippen LogP contribution in [0.1, 0.15) is 29.8 Å². The van der Waals surface area contributed by atoms with Gasteiger partial charge in [0.15, 0.2) is 0 Å². The maximum Gasteiger partial charge on any atom is 0.249 e. The summed E-state index contributed by atoms with van der Waals surface area (Å²) in [6.45, 7) is 3.66. The Bertz CT molecular complexity index is 516. The first-order valence-electron chi connectivity index (χ1n) is 6.11. The number of hydrogen-bond donors (Lipinski definition) is 3. The van der Waals surface area contributed by atoms with Crippen LogP contribution in [0.5, 0.6) is 0 Å². The first-order valence-corrected chi connectivity index (χ1v) is 6.11. The van der Waals surface area contributed by atoms with Crippen molar-refractivity contribution in [2.75, 3.05) is 0 Å². The molecule has 1 atom stereocenters. The molecule has 3 N–H and O–H groups in total. The molecule has 1 aromatic heterocycles. The van der Waals surface area contributed by atoms with E-state index in [9.17, 15) is 14.4 Å². The summed E-state index contributed by atoms with van der Waals surface area (Å²) in [4.78, 5) is 34.4. The van der Waals surface area contributed by atoms with E-state index in [1.54, 1.807) is 0 Å². The molecule has 0 aromatic carbocycles. The summed E-state index contributed by atoms with van der Waals surface area (Å²) in [7, 11) is 0. The lowest BCUT2D eigenvalue weighted by Gasteiger charge is -2.21. The topological polar surface area (TPSA) is 104 Å². The van der Waals surface area contributed by atoms with E-state index in [2.05, 4.69) is 20.8 Å². The Kier molecular flexibility index (Phi) is 3.64. The van der Waals surface area contributed by atoms with Crippen LogP contribution in [-0.4, -0.2) is 34.0 Å². The van der Waals surface area contributed by atoms with Crippen LogP contribution >= 0.6 is 0 Å². The zero-order valence-corrected chi connectivity index (χ0v) is 10.9. The molecular formula is C12H16N4O3. The lowest BCUT2D eigenvalue weighted by molar-refractivity contribution is -0.137. The Morgan fingerprint density at radius 1 is 1.42 bits per heavy atom. The van der Waals surface area contributed by atoms with Crippen LogP contribution in [0, 0.1) is 13.8 Å². The number of amides is 3. The zero-order valence-electron chi connectivity index (χ0n) is 10.9.